The van der Waals surface area contributed by atoms with E-state index >= 15 is 0 Å². The lowest BCUT2D eigenvalue weighted by Gasteiger charge is -2.39. The first-order valence-corrected chi connectivity index (χ1v) is 6.55. The minimum absolute atomic E-state index is 0.186. The maximum Gasteiger partial charge on any atom is 0.146 e. The molecule has 1 unspecified atom stereocenters. The van der Waals surface area contributed by atoms with E-state index in [0.717, 1.165) is 19.6 Å². The molecular formula is C13H19ClFN3. The summed E-state index contributed by atoms with van der Waals surface area (Å²) in [5.41, 5.74) is 6.43. The predicted octanol–water partition coefficient (Wildman–Crippen LogP) is 1.55. The second-order valence-corrected chi connectivity index (χ2v) is 5.24. The molecule has 1 saturated heterocycles. The van der Waals surface area contributed by atoms with Crippen LogP contribution in [0.4, 0.5) is 4.39 Å². The van der Waals surface area contributed by atoms with E-state index in [9.17, 15) is 4.39 Å². The zero-order valence-electron chi connectivity index (χ0n) is 10.6. The van der Waals surface area contributed by atoms with Crippen LogP contribution in [0.25, 0.3) is 0 Å². The monoisotopic (exact) mass is 271 g/mol. The molecule has 3 nitrogen and oxygen atoms in total. The molecule has 0 spiro atoms. The molecule has 5 heteroatoms. The Hall–Kier alpha value is -0.680. The van der Waals surface area contributed by atoms with Crippen LogP contribution in [0, 0.1) is 5.82 Å². The van der Waals surface area contributed by atoms with Gasteiger partial charge in [-0.15, -0.1) is 0 Å². The Bertz CT molecular complexity index is 413. The minimum atomic E-state index is -0.311. The number of rotatable bonds is 3. The Morgan fingerprint density at radius 3 is 2.94 bits per heavy atom. The van der Waals surface area contributed by atoms with Gasteiger partial charge in [-0.25, -0.2) is 4.39 Å². The maximum absolute atomic E-state index is 13.9. The molecule has 2 N–H and O–H groups in total. The SMILES string of the molecule is CN1CCN(Cc2cccc(Cl)c2F)C(CN)C1. The van der Waals surface area contributed by atoms with E-state index in [2.05, 4.69) is 16.8 Å². The van der Waals surface area contributed by atoms with Crippen molar-refractivity contribution in [3.05, 3.63) is 34.6 Å². The lowest BCUT2D eigenvalue weighted by molar-refractivity contribution is 0.0871. The molecule has 1 fully saturated rings. The largest absolute Gasteiger partial charge is 0.329 e. The van der Waals surface area contributed by atoms with Crippen molar-refractivity contribution in [3.8, 4) is 0 Å². The van der Waals surface area contributed by atoms with Crippen LogP contribution >= 0.6 is 11.6 Å². The fraction of sp³-hybridized carbons (Fsp3) is 0.538. The summed E-state index contributed by atoms with van der Waals surface area (Å²) in [6, 6.07) is 5.42. The fourth-order valence-corrected chi connectivity index (χ4v) is 2.56. The van der Waals surface area contributed by atoms with Gasteiger partial charge in [0.05, 0.1) is 5.02 Å². The van der Waals surface area contributed by atoms with E-state index in [1.54, 1.807) is 18.2 Å². The fourth-order valence-electron chi connectivity index (χ4n) is 2.37. The standard InChI is InChI=1S/C13H19ClFN3/c1-17-5-6-18(11(7-16)9-17)8-10-3-2-4-12(14)13(10)15/h2-4,11H,5-9,16H2,1H3. The molecule has 0 aromatic heterocycles. The molecule has 1 heterocycles. The first-order chi connectivity index (χ1) is 8.61. The highest BCUT2D eigenvalue weighted by Gasteiger charge is 2.24. The summed E-state index contributed by atoms with van der Waals surface area (Å²) in [6.07, 6.45) is 0. The van der Waals surface area contributed by atoms with Crippen molar-refractivity contribution in [1.29, 1.82) is 0 Å². The summed E-state index contributed by atoms with van der Waals surface area (Å²) in [7, 11) is 2.08. The molecule has 1 aliphatic heterocycles. The molecule has 2 rings (SSSR count). The number of likely N-dealkylation sites (N-methyl/N-ethyl adjacent to an activating group) is 1. The Labute approximate surface area is 112 Å². The average Bonchev–Trinajstić information content (AvgIpc) is 2.37. The average molecular weight is 272 g/mol. The van der Waals surface area contributed by atoms with Gasteiger partial charge in [-0.3, -0.25) is 4.90 Å². The van der Waals surface area contributed by atoms with Crippen LogP contribution < -0.4 is 5.73 Å². The van der Waals surface area contributed by atoms with Gasteiger partial charge in [0, 0.05) is 44.3 Å². The number of nitrogens with two attached hydrogens (primary N) is 1. The number of piperazine rings is 1. The van der Waals surface area contributed by atoms with Gasteiger partial charge in [-0.1, -0.05) is 23.7 Å². The molecule has 0 amide bonds. The van der Waals surface area contributed by atoms with E-state index in [1.807, 2.05) is 0 Å². The number of nitrogens with zero attached hydrogens (tertiary/aromatic N) is 2. The van der Waals surface area contributed by atoms with Gasteiger partial charge in [-0.2, -0.15) is 0 Å². The van der Waals surface area contributed by atoms with Gasteiger partial charge in [0.25, 0.3) is 0 Å². The maximum atomic E-state index is 13.9. The minimum Gasteiger partial charge on any atom is -0.329 e. The first-order valence-electron chi connectivity index (χ1n) is 6.17. The molecule has 0 aliphatic carbocycles. The van der Waals surface area contributed by atoms with E-state index in [-0.39, 0.29) is 16.9 Å². The Morgan fingerprint density at radius 1 is 1.44 bits per heavy atom. The summed E-state index contributed by atoms with van der Waals surface area (Å²) < 4.78 is 13.9. The van der Waals surface area contributed by atoms with Crippen molar-refractivity contribution in [1.82, 2.24) is 9.80 Å². The zero-order valence-corrected chi connectivity index (χ0v) is 11.3. The topological polar surface area (TPSA) is 32.5 Å². The lowest BCUT2D eigenvalue weighted by atomic mass is 10.1. The number of benzene rings is 1. The molecule has 1 aromatic carbocycles. The van der Waals surface area contributed by atoms with Crippen LogP contribution in [0.5, 0.6) is 0 Å². The number of halogens is 2. The molecule has 18 heavy (non-hydrogen) atoms. The summed E-state index contributed by atoms with van der Waals surface area (Å²) in [5, 5.41) is 0.186. The molecule has 1 atom stereocenters. The van der Waals surface area contributed by atoms with Crippen molar-refractivity contribution >= 4 is 11.6 Å². The highest BCUT2D eigenvalue weighted by Crippen LogP contribution is 2.21. The van der Waals surface area contributed by atoms with Crippen molar-refractivity contribution < 1.29 is 4.39 Å². The van der Waals surface area contributed by atoms with Crippen molar-refractivity contribution in [2.45, 2.75) is 12.6 Å². The number of hydrogen-bond acceptors (Lipinski definition) is 3. The zero-order chi connectivity index (χ0) is 13.1. The summed E-state index contributed by atoms with van der Waals surface area (Å²) in [6.45, 7) is 3.98. The molecule has 100 valence electrons. The highest BCUT2D eigenvalue weighted by molar-refractivity contribution is 6.30. The van der Waals surface area contributed by atoms with Crippen LogP contribution in [0.2, 0.25) is 5.02 Å². The molecule has 1 aromatic rings. The summed E-state index contributed by atoms with van der Waals surface area (Å²) in [4.78, 5) is 4.48. The summed E-state index contributed by atoms with van der Waals surface area (Å²) >= 11 is 5.80. The second-order valence-electron chi connectivity index (χ2n) is 4.84. The third-order valence-corrected chi connectivity index (χ3v) is 3.78. The van der Waals surface area contributed by atoms with E-state index in [4.69, 9.17) is 17.3 Å². The molecule has 0 bridgehead atoms. The van der Waals surface area contributed by atoms with Crippen LogP contribution in [0.3, 0.4) is 0 Å². The van der Waals surface area contributed by atoms with Gasteiger partial charge in [0.1, 0.15) is 5.82 Å². The smallest absolute Gasteiger partial charge is 0.146 e. The quantitative estimate of drug-likeness (QED) is 0.906. The Kier molecular flexibility index (Phi) is 4.56. The van der Waals surface area contributed by atoms with E-state index in [0.29, 0.717) is 18.7 Å². The van der Waals surface area contributed by atoms with Crippen molar-refractivity contribution in [2.75, 3.05) is 33.2 Å². The van der Waals surface area contributed by atoms with Gasteiger partial charge in [-0.05, 0) is 13.1 Å². The van der Waals surface area contributed by atoms with Crippen LogP contribution in [-0.2, 0) is 6.54 Å². The number of hydrogen-bond donors (Lipinski definition) is 1. The van der Waals surface area contributed by atoms with E-state index in [1.165, 1.54) is 0 Å². The Morgan fingerprint density at radius 2 is 2.22 bits per heavy atom. The molecular weight excluding hydrogens is 253 g/mol. The second kappa shape index (κ2) is 5.97. The lowest BCUT2D eigenvalue weighted by Crippen LogP contribution is -2.54. The third-order valence-electron chi connectivity index (χ3n) is 3.48. The van der Waals surface area contributed by atoms with Gasteiger partial charge < -0.3 is 10.6 Å². The third kappa shape index (κ3) is 3.01. The van der Waals surface area contributed by atoms with Crippen LogP contribution in [-0.4, -0.2) is 49.1 Å². The van der Waals surface area contributed by atoms with Crippen molar-refractivity contribution in [3.63, 3.8) is 0 Å². The Balaban J connectivity index is 2.10. The van der Waals surface area contributed by atoms with Gasteiger partial charge in [0.15, 0.2) is 0 Å². The first kappa shape index (κ1) is 13.7. The van der Waals surface area contributed by atoms with Crippen LogP contribution in [0.1, 0.15) is 5.56 Å². The van der Waals surface area contributed by atoms with Gasteiger partial charge in [0.2, 0.25) is 0 Å². The predicted molar refractivity (Wildman–Crippen MR) is 72.2 cm³/mol. The van der Waals surface area contributed by atoms with Crippen molar-refractivity contribution in [2.24, 2.45) is 5.73 Å². The normalized spacial score (nSPS) is 22.3. The molecule has 0 saturated carbocycles. The highest BCUT2D eigenvalue weighted by atomic mass is 35.5. The molecule has 0 radical (unpaired) electrons. The van der Waals surface area contributed by atoms with E-state index < -0.39 is 0 Å². The van der Waals surface area contributed by atoms with Gasteiger partial charge >= 0.3 is 0 Å². The summed E-state index contributed by atoms with van der Waals surface area (Å²) in [5.74, 6) is -0.311. The van der Waals surface area contributed by atoms with Crippen LogP contribution in [0.15, 0.2) is 18.2 Å². The molecule has 1 aliphatic rings.